The molecule has 0 N–H and O–H groups in total. The highest BCUT2D eigenvalue weighted by atomic mass is 15.5. The molecule has 0 saturated carbocycles. The maximum Gasteiger partial charge on any atom is 0.261 e. The van der Waals surface area contributed by atoms with Gasteiger partial charge in [-0.15, -0.1) is 0 Å². The fraction of sp³-hybridized carbons (Fsp3) is 0.444. The van der Waals surface area contributed by atoms with Gasteiger partial charge in [-0.1, -0.05) is 61.3 Å². The van der Waals surface area contributed by atoms with Crippen LogP contribution in [-0.2, 0) is 0 Å². The van der Waals surface area contributed by atoms with Crippen molar-refractivity contribution in [2.75, 3.05) is 0 Å². The van der Waals surface area contributed by atoms with E-state index in [1.54, 1.807) is 0 Å². The summed E-state index contributed by atoms with van der Waals surface area (Å²) in [5.41, 5.74) is 8.74. The highest BCUT2D eigenvalue weighted by Gasteiger charge is 2.24. The van der Waals surface area contributed by atoms with Crippen molar-refractivity contribution < 1.29 is 0 Å². The van der Waals surface area contributed by atoms with Crippen molar-refractivity contribution in [1.29, 1.82) is 0 Å². The third kappa shape index (κ3) is 4.74. The normalized spacial score (nSPS) is 11.9. The predicted octanol–water partition coefficient (Wildman–Crippen LogP) is 6.68. The molecule has 0 bridgehead atoms. The molecule has 6 nitrogen and oxygen atoms in total. The molecule has 0 amide bonds. The Labute approximate surface area is 205 Å². The zero-order valence-electron chi connectivity index (χ0n) is 22.3. The van der Waals surface area contributed by atoms with Gasteiger partial charge in [0.1, 0.15) is 0 Å². The summed E-state index contributed by atoms with van der Waals surface area (Å²) in [4.78, 5) is 0. The summed E-state index contributed by atoms with van der Waals surface area (Å²) in [7, 11) is -0.415. The second-order valence-electron chi connectivity index (χ2n) is 10.3. The molecule has 7 heteroatoms. The topological polar surface area (TPSA) is 53.5 Å². The third-order valence-corrected chi connectivity index (χ3v) is 6.04. The maximum absolute atomic E-state index is 5.04. The van der Waals surface area contributed by atoms with Crippen LogP contribution in [0.3, 0.4) is 0 Å². The quantitative estimate of drug-likeness (QED) is 0.336. The Hall–Kier alpha value is -3.09. The minimum absolute atomic E-state index is 0.250. The molecule has 181 valence electrons. The van der Waals surface area contributed by atoms with E-state index in [1.807, 2.05) is 20.8 Å². The van der Waals surface area contributed by atoms with Crippen LogP contribution in [0.2, 0.25) is 0 Å². The SMILES string of the molecule is C=C(C)c1cc(C(C)C)n([B-](n2nc(C(=C)C)cc2C(C)C)n2nc(C(=C)C)cc2C(C)C)n1. The Morgan fingerprint density at radius 2 is 0.824 bits per heavy atom. The number of allylic oxidation sites excluding steroid dienone is 3. The van der Waals surface area contributed by atoms with Crippen LogP contribution in [0.1, 0.15) is 114 Å². The van der Waals surface area contributed by atoms with Gasteiger partial charge in [0, 0.05) is 0 Å². The Kier molecular flexibility index (Phi) is 7.25. The first-order chi connectivity index (χ1) is 15.8. The lowest BCUT2D eigenvalue weighted by Crippen LogP contribution is -2.47. The highest BCUT2D eigenvalue weighted by Crippen LogP contribution is 2.27. The van der Waals surface area contributed by atoms with Crippen LogP contribution in [-0.4, -0.2) is 36.2 Å². The molecule has 0 aromatic carbocycles. The van der Waals surface area contributed by atoms with E-state index in [1.165, 1.54) is 0 Å². The predicted molar refractivity (Wildman–Crippen MR) is 145 cm³/mol. The van der Waals surface area contributed by atoms with Crippen LogP contribution in [0.4, 0.5) is 0 Å². The van der Waals surface area contributed by atoms with Gasteiger partial charge in [-0.25, -0.2) is 15.3 Å². The number of hydrogen-bond donors (Lipinski definition) is 0. The van der Waals surface area contributed by atoms with E-state index in [0.29, 0.717) is 0 Å². The number of nitrogens with zero attached hydrogens (tertiary/aromatic N) is 6. The first-order valence-electron chi connectivity index (χ1n) is 12.1. The molecule has 1 radical (unpaired) electrons. The van der Waals surface area contributed by atoms with Gasteiger partial charge >= 0.3 is 0 Å². The summed E-state index contributed by atoms with van der Waals surface area (Å²) in [6.45, 7) is 31.5. The average Bonchev–Trinajstić information content (AvgIpc) is 3.45. The van der Waals surface area contributed by atoms with Gasteiger partial charge in [-0.3, -0.25) is 0 Å². The van der Waals surface area contributed by atoms with E-state index in [9.17, 15) is 0 Å². The van der Waals surface area contributed by atoms with Crippen molar-refractivity contribution in [3.05, 3.63) is 72.1 Å². The van der Waals surface area contributed by atoms with Crippen molar-refractivity contribution in [2.24, 2.45) is 0 Å². The van der Waals surface area contributed by atoms with Crippen LogP contribution in [0, 0.1) is 0 Å². The van der Waals surface area contributed by atoms with Gasteiger partial charge in [-0.2, -0.15) is 0 Å². The first kappa shape index (κ1) is 25.5. The molecular weight excluding hydrogens is 419 g/mol. The minimum atomic E-state index is -0.415. The van der Waals surface area contributed by atoms with Crippen molar-refractivity contribution in [2.45, 2.75) is 80.1 Å². The van der Waals surface area contributed by atoms with Gasteiger partial charge in [0.15, 0.2) is 0 Å². The molecule has 0 atom stereocenters. The molecule has 0 spiro atoms. The molecule has 0 aliphatic carbocycles. The molecule has 3 rings (SSSR count). The van der Waals surface area contributed by atoms with Crippen LogP contribution in [0.25, 0.3) is 16.7 Å². The van der Waals surface area contributed by atoms with Crippen molar-refractivity contribution in [3.63, 3.8) is 0 Å². The molecule has 0 unspecified atom stereocenters. The molecule has 0 aliphatic rings. The molecule has 0 aliphatic heterocycles. The zero-order valence-corrected chi connectivity index (χ0v) is 22.3. The summed E-state index contributed by atoms with van der Waals surface area (Å²) in [6, 6.07) is 6.41. The zero-order chi connectivity index (χ0) is 25.5. The number of aromatic nitrogens is 6. The lowest BCUT2D eigenvalue weighted by Gasteiger charge is -2.36. The second-order valence-corrected chi connectivity index (χ2v) is 10.3. The molecular formula is C27H39BN6-. The maximum atomic E-state index is 5.04. The van der Waals surface area contributed by atoms with Gasteiger partial charge in [0.25, 0.3) is 7.12 Å². The molecule has 3 heterocycles. The largest absolute Gasteiger partial charge is 0.422 e. The smallest absolute Gasteiger partial charge is 0.261 e. The summed E-state index contributed by atoms with van der Waals surface area (Å²) < 4.78 is 6.20. The minimum Gasteiger partial charge on any atom is -0.422 e. The van der Waals surface area contributed by atoms with E-state index in [2.05, 4.69) is 93.3 Å². The van der Waals surface area contributed by atoms with Gasteiger partial charge in [0.2, 0.25) is 0 Å². The Morgan fingerprint density at radius 1 is 0.588 bits per heavy atom. The molecule has 3 aromatic rings. The Bertz CT molecular complexity index is 1080. The first-order valence-corrected chi connectivity index (χ1v) is 12.1. The van der Waals surface area contributed by atoms with E-state index >= 15 is 0 Å². The van der Waals surface area contributed by atoms with Gasteiger partial charge < -0.3 is 13.8 Å². The van der Waals surface area contributed by atoms with Crippen LogP contribution in [0.15, 0.2) is 37.9 Å². The lowest BCUT2D eigenvalue weighted by atomic mass is 9.89. The third-order valence-electron chi connectivity index (χ3n) is 6.04. The average molecular weight is 458 g/mol. The lowest BCUT2D eigenvalue weighted by molar-refractivity contribution is 0.661. The fourth-order valence-electron chi connectivity index (χ4n) is 4.01. The van der Waals surface area contributed by atoms with Crippen molar-refractivity contribution in [1.82, 2.24) is 29.1 Å². The molecule has 0 fully saturated rings. The highest BCUT2D eigenvalue weighted by molar-refractivity contribution is 6.53. The second kappa shape index (κ2) is 9.65. The van der Waals surface area contributed by atoms with E-state index in [4.69, 9.17) is 15.3 Å². The Balaban J connectivity index is 2.45. The van der Waals surface area contributed by atoms with E-state index in [0.717, 1.165) is 50.9 Å². The van der Waals surface area contributed by atoms with Crippen molar-refractivity contribution in [3.8, 4) is 0 Å². The monoisotopic (exact) mass is 458 g/mol. The molecule has 0 saturated heterocycles. The Morgan fingerprint density at radius 3 is 1.00 bits per heavy atom. The van der Waals surface area contributed by atoms with E-state index < -0.39 is 7.12 Å². The summed E-state index contributed by atoms with van der Waals surface area (Å²) in [5, 5.41) is 15.1. The van der Waals surface area contributed by atoms with Gasteiger partial charge in [-0.05, 0) is 90.5 Å². The van der Waals surface area contributed by atoms with Crippen LogP contribution >= 0.6 is 0 Å². The fourth-order valence-corrected chi connectivity index (χ4v) is 4.01. The standard InChI is InChI=1S/C27H39BN6/c1-16(2)22-13-25(19(7)8)32(29-22)28(33-26(20(9)10)14-23(30-33)17(3)4)34-27(21(11)12)15-24(31-34)18(5)6/h13-15,19-21H,1,3,5H2,2,4,6-12H3/q-1. The summed E-state index contributed by atoms with van der Waals surface area (Å²) in [5.74, 6) is 0.751. The summed E-state index contributed by atoms with van der Waals surface area (Å²) >= 11 is 0. The van der Waals surface area contributed by atoms with Gasteiger partial charge in [0.05, 0.1) is 17.1 Å². The summed E-state index contributed by atoms with van der Waals surface area (Å²) in [6.07, 6.45) is 0. The molecule has 3 aromatic heterocycles. The molecule has 34 heavy (non-hydrogen) atoms. The van der Waals surface area contributed by atoms with Crippen LogP contribution < -0.4 is 0 Å². The van der Waals surface area contributed by atoms with Crippen LogP contribution in [0.5, 0.6) is 0 Å². The number of rotatable bonds is 9. The number of hydrogen-bond acceptors (Lipinski definition) is 3. The van der Waals surface area contributed by atoms with E-state index in [-0.39, 0.29) is 17.8 Å². The van der Waals surface area contributed by atoms with Crippen molar-refractivity contribution >= 4 is 23.8 Å².